The van der Waals surface area contributed by atoms with Crippen LogP contribution in [0.4, 0.5) is 4.79 Å². The summed E-state index contributed by atoms with van der Waals surface area (Å²) < 4.78 is 5.31. The van der Waals surface area contributed by atoms with Gasteiger partial charge in [-0.15, -0.1) is 0 Å². The van der Waals surface area contributed by atoms with Crippen molar-refractivity contribution in [1.29, 1.82) is 0 Å². The highest BCUT2D eigenvalue weighted by atomic mass is 16.6. The molecule has 0 aromatic heterocycles. The van der Waals surface area contributed by atoms with Gasteiger partial charge in [0.1, 0.15) is 5.75 Å². The van der Waals surface area contributed by atoms with Gasteiger partial charge in [-0.3, -0.25) is 4.90 Å². The van der Waals surface area contributed by atoms with Gasteiger partial charge in [0, 0.05) is 6.54 Å². The van der Waals surface area contributed by atoms with Gasteiger partial charge in [-0.05, 0) is 12.1 Å². The van der Waals surface area contributed by atoms with Gasteiger partial charge in [0.05, 0.1) is 6.04 Å². The van der Waals surface area contributed by atoms with Crippen LogP contribution in [0.2, 0.25) is 0 Å². The topological polar surface area (TPSA) is 80.0 Å². The van der Waals surface area contributed by atoms with E-state index >= 15 is 0 Å². The van der Waals surface area contributed by atoms with Crippen LogP contribution >= 0.6 is 0 Å². The molecule has 0 aliphatic carbocycles. The lowest BCUT2D eigenvalue weighted by atomic mass is 10.1. The Morgan fingerprint density at radius 1 is 1.42 bits per heavy atom. The number of amides is 1. The van der Waals surface area contributed by atoms with Crippen LogP contribution in [0.25, 0.3) is 0 Å². The van der Waals surface area contributed by atoms with E-state index in [0.29, 0.717) is 18.3 Å². The first-order chi connectivity index (χ1) is 9.24. The monoisotopic (exact) mass is 258 g/mol. The van der Waals surface area contributed by atoms with Crippen molar-refractivity contribution in [3.8, 4) is 5.75 Å². The Labute approximate surface area is 110 Å². The molecule has 0 fully saturated rings. The van der Waals surface area contributed by atoms with E-state index in [1.54, 1.807) is 17.0 Å². The number of hydrogen-bond acceptors (Lipinski definition) is 5. The first-order valence-electron chi connectivity index (χ1n) is 6.04. The number of carbonyl (C=O) groups is 1. The molecule has 2 aliphatic rings. The highest BCUT2D eigenvalue weighted by Crippen LogP contribution is 2.19. The Hall–Kier alpha value is -2.50. The quantitative estimate of drug-likeness (QED) is 0.726. The average molecular weight is 258 g/mol. The van der Waals surface area contributed by atoms with Crippen molar-refractivity contribution in [2.24, 2.45) is 10.7 Å². The summed E-state index contributed by atoms with van der Waals surface area (Å²) in [6, 6.07) is 8.89. The Kier molecular flexibility index (Phi) is 2.83. The van der Waals surface area contributed by atoms with Crippen LogP contribution in [0.1, 0.15) is 0 Å². The maximum absolute atomic E-state index is 12.1. The summed E-state index contributed by atoms with van der Waals surface area (Å²) in [6.45, 7) is 0.464. The van der Waals surface area contributed by atoms with Crippen molar-refractivity contribution in [1.82, 2.24) is 10.2 Å². The second kappa shape index (κ2) is 4.64. The molecular weight excluding hydrogens is 244 g/mol. The predicted octanol–water partition coefficient (Wildman–Crippen LogP) is 0.670. The molecule has 2 heterocycles. The van der Waals surface area contributed by atoms with Gasteiger partial charge < -0.3 is 15.8 Å². The van der Waals surface area contributed by atoms with Crippen LogP contribution in [-0.4, -0.2) is 35.7 Å². The number of carbonyl (C=O) groups excluding carboxylic acids is 1. The summed E-state index contributed by atoms with van der Waals surface area (Å²) in [5.74, 6) is 0.862. The van der Waals surface area contributed by atoms with Crippen molar-refractivity contribution >= 4 is 12.1 Å². The SMILES string of the molecule is NC1=NC2C(C=CCN2C(=O)Oc2ccccc2)N1. The second-order valence-corrected chi connectivity index (χ2v) is 4.36. The van der Waals surface area contributed by atoms with Gasteiger partial charge in [0.25, 0.3) is 0 Å². The summed E-state index contributed by atoms with van der Waals surface area (Å²) in [6.07, 6.45) is 3.10. The zero-order valence-corrected chi connectivity index (χ0v) is 10.2. The number of para-hydroxylation sites is 1. The fraction of sp³-hybridized carbons (Fsp3) is 0.231. The van der Waals surface area contributed by atoms with Gasteiger partial charge >= 0.3 is 6.09 Å². The lowest BCUT2D eigenvalue weighted by molar-refractivity contribution is 0.133. The summed E-state index contributed by atoms with van der Waals surface area (Å²) in [5.41, 5.74) is 5.64. The fourth-order valence-corrected chi connectivity index (χ4v) is 2.18. The Bertz CT molecular complexity index is 541. The van der Waals surface area contributed by atoms with Crippen molar-refractivity contribution in [2.45, 2.75) is 12.2 Å². The van der Waals surface area contributed by atoms with Crippen molar-refractivity contribution in [3.05, 3.63) is 42.5 Å². The van der Waals surface area contributed by atoms with Crippen LogP contribution in [0.15, 0.2) is 47.5 Å². The molecule has 3 N–H and O–H groups in total. The second-order valence-electron chi connectivity index (χ2n) is 4.36. The molecule has 2 unspecified atom stereocenters. The van der Waals surface area contributed by atoms with Crippen LogP contribution in [0.5, 0.6) is 5.75 Å². The number of nitrogens with two attached hydrogens (primary N) is 1. The number of rotatable bonds is 1. The molecule has 0 radical (unpaired) electrons. The van der Waals surface area contributed by atoms with E-state index in [0.717, 1.165) is 0 Å². The molecule has 3 rings (SSSR count). The molecule has 2 atom stereocenters. The maximum Gasteiger partial charge on any atom is 0.417 e. The van der Waals surface area contributed by atoms with Crippen LogP contribution < -0.4 is 15.8 Å². The van der Waals surface area contributed by atoms with Crippen molar-refractivity contribution < 1.29 is 9.53 Å². The average Bonchev–Trinajstić information content (AvgIpc) is 2.79. The van der Waals surface area contributed by atoms with E-state index in [2.05, 4.69) is 10.3 Å². The minimum atomic E-state index is -0.425. The molecule has 98 valence electrons. The Morgan fingerprint density at radius 3 is 3.00 bits per heavy atom. The molecule has 1 aromatic rings. The zero-order valence-electron chi connectivity index (χ0n) is 10.2. The summed E-state index contributed by atoms with van der Waals surface area (Å²) >= 11 is 0. The number of nitrogens with one attached hydrogen (secondary N) is 1. The van der Waals surface area contributed by atoms with Crippen LogP contribution in [-0.2, 0) is 0 Å². The van der Waals surface area contributed by atoms with Crippen LogP contribution in [0, 0.1) is 0 Å². The highest BCUT2D eigenvalue weighted by Gasteiger charge is 2.36. The van der Waals surface area contributed by atoms with Gasteiger partial charge in [-0.2, -0.15) is 0 Å². The normalized spacial score (nSPS) is 24.4. The van der Waals surface area contributed by atoms with Gasteiger partial charge in [-0.25, -0.2) is 9.79 Å². The molecule has 1 amide bonds. The number of nitrogens with zero attached hydrogens (tertiary/aromatic N) is 2. The number of fused-ring (bicyclic) bond motifs is 1. The molecule has 0 spiro atoms. The number of benzene rings is 1. The predicted molar refractivity (Wildman–Crippen MR) is 70.6 cm³/mol. The largest absolute Gasteiger partial charge is 0.417 e. The number of guanidine groups is 1. The Balaban J connectivity index is 1.75. The third kappa shape index (κ3) is 2.24. The summed E-state index contributed by atoms with van der Waals surface area (Å²) in [4.78, 5) is 17.9. The number of hydrogen-bond donors (Lipinski definition) is 2. The molecule has 0 saturated heterocycles. The molecule has 1 aromatic carbocycles. The molecule has 6 nitrogen and oxygen atoms in total. The third-order valence-electron chi connectivity index (χ3n) is 3.05. The summed E-state index contributed by atoms with van der Waals surface area (Å²) in [5, 5.41) is 3.00. The lowest BCUT2D eigenvalue weighted by Crippen LogP contribution is -2.50. The zero-order chi connectivity index (χ0) is 13.2. The standard InChI is InChI=1S/C13H14N4O2/c14-12-15-10-7-4-8-17(11(10)16-12)13(18)19-9-5-2-1-3-6-9/h1-7,10-11H,8H2,(H3,14,15,16). The molecule has 19 heavy (non-hydrogen) atoms. The van der Waals surface area contributed by atoms with E-state index in [1.807, 2.05) is 30.4 Å². The minimum absolute atomic E-state index is 0.0722. The van der Waals surface area contributed by atoms with E-state index in [-0.39, 0.29) is 12.2 Å². The first-order valence-corrected chi connectivity index (χ1v) is 6.04. The van der Waals surface area contributed by atoms with E-state index < -0.39 is 6.09 Å². The van der Waals surface area contributed by atoms with Gasteiger partial charge in [-0.1, -0.05) is 30.4 Å². The van der Waals surface area contributed by atoms with E-state index in [4.69, 9.17) is 10.5 Å². The van der Waals surface area contributed by atoms with Gasteiger partial charge in [0.2, 0.25) is 0 Å². The molecule has 6 heteroatoms. The lowest BCUT2D eigenvalue weighted by Gasteiger charge is -2.30. The third-order valence-corrected chi connectivity index (χ3v) is 3.05. The maximum atomic E-state index is 12.1. The van der Waals surface area contributed by atoms with E-state index in [1.165, 1.54) is 0 Å². The van der Waals surface area contributed by atoms with Crippen LogP contribution in [0.3, 0.4) is 0 Å². The van der Waals surface area contributed by atoms with Crippen molar-refractivity contribution in [2.75, 3.05) is 6.54 Å². The number of aliphatic imine (C=N–C) groups is 1. The summed E-state index contributed by atoms with van der Waals surface area (Å²) in [7, 11) is 0. The Morgan fingerprint density at radius 2 is 2.21 bits per heavy atom. The molecule has 0 saturated carbocycles. The minimum Gasteiger partial charge on any atom is -0.410 e. The molecular formula is C13H14N4O2. The fourth-order valence-electron chi connectivity index (χ4n) is 2.18. The van der Waals surface area contributed by atoms with Gasteiger partial charge in [0.15, 0.2) is 12.1 Å². The molecule has 2 aliphatic heterocycles. The van der Waals surface area contributed by atoms with E-state index in [9.17, 15) is 4.79 Å². The smallest absolute Gasteiger partial charge is 0.410 e. The number of ether oxygens (including phenoxy) is 1. The van der Waals surface area contributed by atoms with Crippen molar-refractivity contribution in [3.63, 3.8) is 0 Å². The first kappa shape index (κ1) is 11.6. The molecule has 0 bridgehead atoms. The highest BCUT2D eigenvalue weighted by molar-refractivity contribution is 5.82.